The van der Waals surface area contributed by atoms with Crippen LogP contribution in [0.5, 0.6) is 5.75 Å². The first-order valence-electron chi connectivity index (χ1n) is 8.59. The minimum atomic E-state index is -0.680. The maximum atomic E-state index is 13.0. The van der Waals surface area contributed by atoms with Gasteiger partial charge in [-0.1, -0.05) is 34.6 Å². The fraction of sp³-hybridized carbons (Fsp3) is 0.333. The zero-order valence-electron chi connectivity index (χ0n) is 16.0. The second-order valence-electron chi connectivity index (χ2n) is 6.99. The Kier molecular flexibility index (Phi) is 6.50. The Morgan fingerprint density at radius 3 is 2.56 bits per heavy atom. The summed E-state index contributed by atoms with van der Waals surface area (Å²) in [5, 5.41) is 11.0. The van der Waals surface area contributed by atoms with E-state index in [1.807, 2.05) is 43.3 Å². The topological polar surface area (TPSA) is 62.6 Å². The molecule has 0 heterocycles. The summed E-state index contributed by atoms with van der Waals surface area (Å²) in [5.41, 5.74) is 0.122. The first-order valence-corrected chi connectivity index (χ1v) is 9.39. The molecule has 2 rings (SSSR count). The van der Waals surface area contributed by atoms with Crippen molar-refractivity contribution in [3.63, 3.8) is 0 Å². The molecule has 0 saturated heterocycles. The maximum absolute atomic E-state index is 13.0. The second kappa shape index (κ2) is 8.45. The van der Waals surface area contributed by atoms with Gasteiger partial charge in [0.25, 0.3) is 0 Å². The molecular formula is C21H23BrN2O3. The summed E-state index contributed by atoms with van der Waals surface area (Å²) in [4.78, 5) is 14.4. The van der Waals surface area contributed by atoms with Crippen LogP contribution in [0.25, 0.3) is 10.8 Å². The van der Waals surface area contributed by atoms with Gasteiger partial charge in [0, 0.05) is 15.4 Å². The normalized spacial score (nSPS) is 11.0. The van der Waals surface area contributed by atoms with Gasteiger partial charge in [0.2, 0.25) is 0 Å². The van der Waals surface area contributed by atoms with E-state index in [0.717, 1.165) is 15.2 Å². The monoisotopic (exact) mass is 430 g/mol. The van der Waals surface area contributed by atoms with Gasteiger partial charge in [-0.05, 0) is 51.3 Å². The van der Waals surface area contributed by atoms with E-state index in [2.05, 4.69) is 22.5 Å². The van der Waals surface area contributed by atoms with Crippen LogP contribution in [0.3, 0.4) is 0 Å². The van der Waals surface area contributed by atoms with Gasteiger partial charge in [-0.2, -0.15) is 5.26 Å². The predicted molar refractivity (Wildman–Crippen MR) is 111 cm³/mol. The molecule has 2 aromatic rings. The number of hydrogen-bond donors (Lipinski definition) is 0. The molecule has 142 valence electrons. The SMILES string of the molecule is C=C(C#N)CN(C(=O)OC(C)(C)C)c1c(OCC)ccc2ccc(Br)cc12. The van der Waals surface area contributed by atoms with Crippen molar-refractivity contribution in [3.8, 4) is 11.8 Å². The number of fused-ring (bicyclic) bond motifs is 1. The first-order chi connectivity index (χ1) is 12.7. The molecule has 0 fully saturated rings. The fourth-order valence-electron chi connectivity index (χ4n) is 2.58. The van der Waals surface area contributed by atoms with Crippen molar-refractivity contribution in [2.75, 3.05) is 18.1 Å². The number of nitrogens with zero attached hydrogens (tertiary/aromatic N) is 2. The lowest BCUT2D eigenvalue weighted by molar-refractivity contribution is 0.0583. The quantitative estimate of drug-likeness (QED) is 0.560. The number of halogens is 1. The number of carbonyl (C=O) groups is 1. The van der Waals surface area contributed by atoms with E-state index in [-0.39, 0.29) is 12.1 Å². The highest BCUT2D eigenvalue weighted by atomic mass is 79.9. The number of nitriles is 1. The van der Waals surface area contributed by atoms with Crippen LogP contribution in [0.2, 0.25) is 0 Å². The van der Waals surface area contributed by atoms with Crippen LogP contribution in [0, 0.1) is 11.3 Å². The fourth-order valence-corrected chi connectivity index (χ4v) is 2.95. The highest BCUT2D eigenvalue weighted by molar-refractivity contribution is 9.10. The molecule has 0 saturated carbocycles. The number of anilines is 1. The molecule has 1 amide bonds. The van der Waals surface area contributed by atoms with Crippen molar-refractivity contribution >= 4 is 38.5 Å². The van der Waals surface area contributed by atoms with Gasteiger partial charge in [-0.25, -0.2) is 4.79 Å². The third-order valence-electron chi connectivity index (χ3n) is 3.61. The molecule has 0 N–H and O–H groups in total. The Bertz CT molecular complexity index is 910. The molecule has 0 atom stereocenters. The summed E-state index contributed by atoms with van der Waals surface area (Å²) < 4.78 is 12.2. The van der Waals surface area contributed by atoms with Gasteiger partial charge in [-0.15, -0.1) is 0 Å². The molecule has 0 aliphatic heterocycles. The van der Waals surface area contributed by atoms with Crippen molar-refractivity contribution in [1.29, 1.82) is 5.26 Å². The molecule has 0 aromatic heterocycles. The molecule has 0 aliphatic carbocycles. The van der Waals surface area contributed by atoms with Crippen LogP contribution < -0.4 is 9.64 Å². The van der Waals surface area contributed by atoms with Crippen LogP contribution in [0.15, 0.2) is 47.0 Å². The van der Waals surface area contributed by atoms with E-state index >= 15 is 0 Å². The lowest BCUT2D eigenvalue weighted by Gasteiger charge is -2.29. The van der Waals surface area contributed by atoms with E-state index in [4.69, 9.17) is 9.47 Å². The van der Waals surface area contributed by atoms with Gasteiger partial charge in [0.1, 0.15) is 11.4 Å². The van der Waals surface area contributed by atoms with Gasteiger partial charge in [-0.3, -0.25) is 4.90 Å². The van der Waals surface area contributed by atoms with E-state index in [9.17, 15) is 10.1 Å². The summed E-state index contributed by atoms with van der Waals surface area (Å²) in [6, 6.07) is 11.5. The van der Waals surface area contributed by atoms with Crippen molar-refractivity contribution in [2.45, 2.75) is 33.3 Å². The Hall–Kier alpha value is -2.52. The van der Waals surface area contributed by atoms with Crippen LogP contribution >= 0.6 is 15.9 Å². The summed E-state index contributed by atoms with van der Waals surface area (Å²) >= 11 is 3.48. The van der Waals surface area contributed by atoms with Gasteiger partial charge in [0.05, 0.1) is 24.9 Å². The highest BCUT2D eigenvalue weighted by Gasteiger charge is 2.28. The average Bonchev–Trinajstić information content (AvgIpc) is 2.58. The summed E-state index contributed by atoms with van der Waals surface area (Å²) in [6.45, 7) is 11.4. The van der Waals surface area contributed by atoms with Crippen molar-refractivity contribution < 1.29 is 14.3 Å². The van der Waals surface area contributed by atoms with Crippen LogP contribution in [0.4, 0.5) is 10.5 Å². The van der Waals surface area contributed by atoms with Crippen LogP contribution in [0.1, 0.15) is 27.7 Å². The lowest BCUT2D eigenvalue weighted by atomic mass is 10.1. The van der Waals surface area contributed by atoms with E-state index in [0.29, 0.717) is 18.0 Å². The molecule has 0 unspecified atom stereocenters. The molecule has 5 nitrogen and oxygen atoms in total. The maximum Gasteiger partial charge on any atom is 0.415 e. The summed E-state index contributed by atoms with van der Waals surface area (Å²) in [6.07, 6.45) is -0.563. The molecule has 2 aromatic carbocycles. The first kappa shape index (κ1) is 20.8. The average molecular weight is 431 g/mol. The standard InChI is InChI=1S/C21H23BrN2O3/c1-6-26-18-10-8-15-7-9-16(22)11-17(15)19(18)24(13-14(2)12-23)20(25)27-21(3,4)5/h7-11H,2,6,13H2,1,3-5H3. The Morgan fingerprint density at radius 1 is 1.30 bits per heavy atom. The summed E-state index contributed by atoms with van der Waals surface area (Å²) in [7, 11) is 0. The third kappa shape index (κ3) is 5.24. The van der Waals surface area contributed by atoms with Crippen molar-refractivity contribution in [3.05, 3.63) is 47.0 Å². The minimum absolute atomic E-state index is 0.0110. The van der Waals surface area contributed by atoms with Gasteiger partial charge in [0.15, 0.2) is 0 Å². The smallest absolute Gasteiger partial charge is 0.415 e. The second-order valence-corrected chi connectivity index (χ2v) is 7.91. The van der Waals surface area contributed by atoms with E-state index in [1.165, 1.54) is 4.90 Å². The Balaban J connectivity index is 2.71. The lowest BCUT2D eigenvalue weighted by Crippen LogP contribution is -2.38. The largest absolute Gasteiger partial charge is 0.492 e. The minimum Gasteiger partial charge on any atom is -0.492 e. The van der Waals surface area contributed by atoms with E-state index in [1.54, 1.807) is 20.8 Å². The zero-order chi connectivity index (χ0) is 20.2. The Morgan fingerprint density at radius 2 is 1.96 bits per heavy atom. The molecule has 0 spiro atoms. The van der Waals surface area contributed by atoms with Crippen LogP contribution in [-0.4, -0.2) is 24.8 Å². The molecule has 0 radical (unpaired) electrons. The zero-order valence-corrected chi connectivity index (χ0v) is 17.6. The number of carbonyl (C=O) groups excluding carboxylic acids is 1. The van der Waals surface area contributed by atoms with E-state index < -0.39 is 11.7 Å². The number of benzene rings is 2. The molecule has 0 bridgehead atoms. The van der Waals surface area contributed by atoms with Gasteiger partial charge < -0.3 is 9.47 Å². The van der Waals surface area contributed by atoms with Gasteiger partial charge >= 0.3 is 6.09 Å². The molecular weight excluding hydrogens is 408 g/mol. The molecule has 27 heavy (non-hydrogen) atoms. The highest BCUT2D eigenvalue weighted by Crippen LogP contribution is 2.39. The number of amides is 1. The van der Waals surface area contributed by atoms with Crippen molar-refractivity contribution in [1.82, 2.24) is 0 Å². The molecule has 0 aliphatic rings. The number of rotatable bonds is 5. The van der Waals surface area contributed by atoms with Crippen molar-refractivity contribution in [2.24, 2.45) is 0 Å². The molecule has 6 heteroatoms. The summed E-state index contributed by atoms with van der Waals surface area (Å²) in [5.74, 6) is 0.541. The third-order valence-corrected chi connectivity index (χ3v) is 4.10. The number of ether oxygens (including phenoxy) is 2. The number of hydrogen-bond acceptors (Lipinski definition) is 4. The van der Waals surface area contributed by atoms with Crippen LogP contribution in [-0.2, 0) is 4.74 Å². The Labute approximate surface area is 168 Å². The predicted octanol–water partition coefficient (Wildman–Crippen LogP) is 5.82.